The first-order valence-corrected chi connectivity index (χ1v) is 12.2. The number of carbonyl (C=O) groups is 1. The smallest absolute Gasteiger partial charge is 0.322 e. The lowest BCUT2D eigenvalue weighted by atomic mass is 9.87. The Morgan fingerprint density at radius 2 is 1.65 bits per heavy atom. The van der Waals surface area contributed by atoms with Gasteiger partial charge < -0.3 is 10.4 Å². The predicted octanol–water partition coefficient (Wildman–Crippen LogP) is 4.41. The fourth-order valence-electron chi connectivity index (χ4n) is 3.31. The first kappa shape index (κ1) is 25.3. The van der Waals surface area contributed by atoms with E-state index in [1.165, 1.54) is 16.4 Å². The van der Waals surface area contributed by atoms with Gasteiger partial charge in [-0.15, -0.1) is 0 Å². The second-order valence-electron chi connectivity index (χ2n) is 8.94. The highest BCUT2D eigenvalue weighted by molar-refractivity contribution is 7.89. The minimum atomic E-state index is -3.98. The number of pyridine rings is 1. The normalized spacial score (nSPS) is 12.0. The lowest BCUT2D eigenvalue weighted by Gasteiger charge is -2.23. The number of anilines is 1. The average molecular weight is 486 g/mol. The number of carboxylic acids is 1. The van der Waals surface area contributed by atoms with Crippen molar-refractivity contribution in [3.05, 3.63) is 89.4 Å². The Morgan fingerprint density at radius 1 is 1.00 bits per heavy atom. The molecule has 3 aromatic rings. The number of benzene rings is 2. The van der Waals surface area contributed by atoms with Crippen LogP contribution in [-0.4, -0.2) is 35.3 Å². The predicted molar refractivity (Wildman–Crippen MR) is 128 cm³/mol. The average Bonchev–Trinajstić information content (AvgIpc) is 2.77. The largest absolute Gasteiger partial charge is 0.480 e. The molecule has 2 aromatic carbocycles. The fourth-order valence-corrected chi connectivity index (χ4v) is 4.71. The molecule has 0 aliphatic rings. The maximum atomic E-state index is 13.5. The van der Waals surface area contributed by atoms with Crippen LogP contribution in [0.2, 0.25) is 0 Å². The number of aromatic nitrogens is 1. The summed E-state index contributed by atoms with van der Waals surface area (Å²) in [5.41, 5.74) is 2.32. The standard InChI is InChI=1S/C25H28FN3O4S/c1-25(2,3)19-9-7-18(8-10-19)16-29(34(32,33)22-13-11-20(26)12-14-22)17-21-5-4-6-23(28-21)27-15-24(30)31/h4-14H,15-17H2,1-3H3,(H,27,28)(H,30,31). The van der Waals surface area contributed by atoms with Crippen molar-refractivity contribution in [2.24, 2.45) is 0 Å². The molecule has 0 atom stereocenters. The molecule has 0 unspecified atom stereocenters. The molecule has 9 heteroatoms. The van der Waals surface area contributed by atoms with E-state index in [9.17, 15) is 17.6 Å². The van der Waals surface area contributed by atoms with Gasteiger partial charge in [0.2, 0.25) is 10.0 Å². The van der Waals surface area contributed by atoms with Gasteiger partial charge >= 0.3 is 5.97 Å². The van der Waals surface area contributed by atoms with Crippen LogP contribution < -0.4 is 5.32 Å². The van der Waals surface area contributed by atoms with E-state index < -0.39 is 21.8 Å². The van der Waals surface area contributed by atoms with Crippen molar-refractivity contribution in [1.82, 2.24) is 9.29 Å². The van der Waals surface area contributed by atoms with Gasteiger partial charge in [0.15, 0.2) is 0 Å². The SMILES string of the molecule is CC(C)(C)c1ccc(CN(Cc2cccc(NCC(=O)O)n2)S(=O)(=O)c2ccc(F)cc2)cc1. The molecule has 2 N–H and O–H groups in total. The molecule has 0 spiro atoms. The van der Waals surface area contributed by atoms with Crippen LogP contribution in [-0.2, 0) is 33.3 Å². The second kappa shape index (κ2) is 10.3. The molecule has 0 aliphatic carbocycles. The van der Waals surface area contributed by atoms with Crippen LogP contribution in [0, 0.1) is 5.82 Å². The Kier molecular flexibility index (Phi) is 7.68. The molecule has 1 heterocycles. The first-order chi connectivity index (χ1) is 15.9. The number of sulfonamides is 1. The second-order valence-corrected chi connectivity index (χ2v) is 10.9. The molecule has 1 aromatic heterocycles. The van der Waals surface area contributed by atoms with Crippen LogP contribution in [0.5, 0.6) is 0 Å². The fraction of sp³-hybridized carbons (Fsp3) is 0.280. The van der Waals surface area contributed by atoms with Gasteiger partial charge in [0.25, 0.3) is 0 Å². The molecule has 34 heavy (non-hydrogen) atoms. The Morgan fingerprint density at radius 3 is 2.24 bits per heavy atom. The number of rotatable bonds is 9. The number of nitrogens with one attached hydrogen (secondary N) is 1. The Balaban J connectivity index is 1.93. The highest BCUT2D eigenvalue weighted by Crippen LogP contribution is 2.25. The summed E-state index contributed by atoms with van der Waals surface area (Å²) < 4.78 is 41.6. The van der Waals surface area contributed by atoms with Crippen LogP contribution >= 0.6 is 0 Å². The topological polar surface area (TPSA) is 99.6 Å². The molecule has 3 rings (SSSR count). The van der Waals surface area contributed by atoms with Crippen LogP contribution in [0.1, 0.15) is 37.6 Å². The van der Waals surface area contributed by atoms with Gasteiger partial charge in [-0.05, 0) is 52.9 Å². The van der Waals surface area contributed by atoms with Gasteiger partial charge in [-0.25, -0.2) is 17.8 Å². The van der Waals surface area contributed by atoms with Crippen LogP contribution in [0.15, 0.2) is 71.6 Å². The molecule has 180 valence electrons. The van der Waals surface area contributed by atoms with E-state index >= 15 is 0 Å². The highest BCUT2D eigenvalue weighted by Gasteiger charge is 2.26. The maximum Gasteiger partial charge on any atom is 0.322 e. The number of carboxylic acid groups (broad SMARTS) is 1. The quantitative estimate of drug-likeness (QED) is 0.466. The van der Waals surface area contributed by atoms with Gasteiger partial charge in [0.1, 0.15) is 18.2 Å². The zero-order chi connectivity index (χ0) is 24.9. The molecule has 0 amide bonds. The molecule has 0 saturated heterocycles. The number of hydrogen-bond donors (Lipinski definition) is 2. The monoisotopic (exact) mass is 485 g/mol. The van der Waals surface area contributed by atoms with Crippen LogP contribution in [0.4, 0.5) is 10.2 Å². The Hall–Kier alpha value is -3.30. The van der Waals surface area contributed by atoms with E-state index in [1.54, 1.807) is 18.2 Å². The molecule has 0 radical (unpaired) electrons. The Labute approximate surface area is 199 Å². The van der Waals surface area contributed by atoms with E-state index in [0.717, 1.165) is 23.3 Å². The van der Waals surface area contributed by atoms with Crippen molar-refractivity contribution in [2.75, 3.05) is 11.9 Å². The molecule has 7 nitrogen and oxygen atoms in total. The zero-order valence-corrected chi connectivity index (χ0v) is 20.1. The molecule has 0 saturated carbocycles. The van der Waals surface area contributed by atoms with Gasteiger partial charge in [-0.3, -0.25) is 4.79 Å². The van der Waals surface area contributed by atoms with Gasteiger partial charge in [-0.2, -0.15) is 4.31 Å². The van der Waals surface area contributed by atoms with E-state index in [1.807, 2.05) is 24.3 Å². The maximum absolute atomic E-state index is 13.5. The van der Waals surface area contributed by atoms with E-state index in [4.69, 9.17) is 5.11 Å². The zero-order valence-electron chi connectivity index (χ0n) is 19.3. The summed E-state index contributed by atoms with van der Waals surface area (Å²) in [4.78, 5) is 15.2. The highest BCUT2D eigenvalue weighted by atomic mass is 32.2. The number of halogens is 1. The summed E-state index contributed by atoms with van der Waals surface area (Å²) in [7, 11) is -3.98. The summed E-state index contributed by atoms with van der Waals surface area (Å²) >= 11 is 0. The van der Waals surface area contributed by atoms with Crippen molar-refractivity contribution in [3.63, 3.8) is 0 Å². The molecule has 0 fully saturated rings. The van der Waals surface area contributed by atoms with E-state index in [-0.39, 0.29) is 29.9 Å². The summed E-state index contributed by atoms with van der Waals surface area (Å²) in [6.45, 7) is 6.02. The molecular weight excluding hydrogens is 457 g/mol. The van der Waals surface area contributed by atoms with Crippen molar-refractivity contribution >= 4 is 21.8 Å². The third kappa shape index (κ3) is 6.61. The summed E-state index contributed by atoms with van der Waals surface area (Å²) in [6.07, 6.45) is 0. The molecule has 0 bridgehead atoms. The van der Waals surface area contributed by atoms with Gasteiger partial charge in [0.05, 0.1) is 17.1 Å². The number of hydrogen-bond acceptors (Lipinski definition) is 5. The van der Waals surface area contributed by atoms with Gasteiger partial charge in [0, 0.05) is 6.54 Å². The van der Waals surface area contributed by atoms with Crippen molar-refractivity contribution in [1.29, 1.82) is 0 Å². The van der Waals surface area contributed by atoms with Crippen molar-refractivity contribution < 1.29 is 22.7 Å². The van der Waals surface area contributed by atoms with Crippen molar-refractivity contribution in [2.45, 2.75) is 44.2 Å². The summed E-state index contributed by atoms with van der Waals surface area (Å²) in [5, 5.41) is 11.6. The third-order valence-electron chi connectivity index (χ3n) is 5.20. The van der Waals surface area contributed by atoms with Crippen molar-refractivity contribution in [3.8, 4) is 0 Å². The lowest BCUT2D eigenvalue weighted by Crippen LogP contribution is -2.31. The summed E-state index contributed by atoms with van der Waals surface area (Å²) in [6, 6.07) is 17.4. The van der Waals surface area contributed by atoms with Gasteiger partial charge in [-0.1, -0.05) is 51.1 Å². The number of nitrogens with zero attached hydrogens (tertiary/aromatic N) is 2. The van der Waals surface area contributed by atoms with Crippen LogP contribution in [0.3, 0.4) is 0 Å². The lowest BCUT2D eigenvalue weighted by molar-refractivity contribution is -0.134. The minimum Gasteiger partial charge on any atom is -0.480 e. The van der Waals surface area contributed by atoms with Crippen LogP contribution in [0.25, 0.3) is 0 Å². The summed E-state index contributed by atoms with van der Waals surface area (Å²) in [5.74, 6) is -1.23. The van der Waals surface area contributed by atoms with E-state index in [2.05, 4.69) is 31.1 Å². The Bertz CT molecular complexity index is 1240. The van der Waals surface area contributed by atoms with E-state index in [0.29, 0.717) is 11.5 Å². The minimum absolute atomic E-state index is 0.0274. The third-order valence-corrected chi connectivity index (χ3v) is 7.00. The first-order valence-electron chi connectivity index (χ1n) is 10.7. The number of aliphatic carboxylic acids is 1. The molecular formula is C25H28FN3O4S. The molecule has 0 aliphatic heterocycles.